The lowest BCUT2D eigenvalue weighted by Gasteiger charge is -2.14. The first-order chi connectivity index (χ1) is 14.5. The summed E-state index contributed by atoms with van der Waals surface area (Å²) in [6.45, 7) is 2.12. The van der Waals surface area contributed by atoms with Crippen molar-refractivity contribution in [1.82, 2.24) is 19.5 Å². The molecule has 1 aliphatic rings. The maximum Gasteiger partial charge on any atom is 0.240 e. The first-order valence-electron chi connectivity index (χ1n) is 10.1. The molecule has 30 heavy (non-hydrogen) atoms. The third-order valence-electron chi connectivity index (χ3n) is 5.35. The Kier molecular flexibility index (Phi) is 5.78. The van der Waals surface area contributed by atoms with E-state index in [4.69, 9.17) is 5.10 Å². The van der Waals surface area contributed by atoms with Gasteiger partial charge in [-0.1, -0.05) is 18.2 Å². The largest absolute Gasteiger partial charge is 0.295 e. The molecule has 0 saturated heterocycles. The Hall–Kier alpha value is -2.84. The fraction of sp³-hybridized carbons (Fsp3) is 0.318. The van der Waals surface area contributed by atoms with Crippen molar-refractivity contribution in [3.05, 3.63) is 65.5 Å². The second-order valence-corrected chi connectivity index (χ2v) is 9.16. The smallest absolute Gasteiger partial charge is 0.240 e. The molecule has 2 heterocycles. The van der Waals surface area contributed by atoms with Crippen molar-refractivity contribution in [3.63, 3.8) is 0 Å². The van der Waals surface area contributed by atoms with Crippen LogP contribution in [-0.4, -0.2) is 35.5 Å². The van der Waals surface area contributed by atoms with E-state index in [0.29, 0.717) is 12.1 Å². The standard InChI is InChI=1S/C22H24N4O3S/c1-16(27)17-9-11-18(12-10-17)30(28,29)24-14-15-26-21-8-3-2-6-19(21)22(25-26)20-7-4-5-13-23-20/h4-5,7,9-13,24H,2-3,6,8,14-15H2,1H3. The first kappa shape index (κ1) is 20.4. The van der Waals surface area contributed by atoms with Gasteiger partial charge in [-0.3, -0.25) is 14.5 Å². The van der Waals surface area contributed by atoms with Crippen LogP contribution in [-0.2, 0) is 29.4 Å². The number of pyridine rings is 1. The molecule has 7 nitrogen and oxygen atoms in total. The highest BCUT2D eigenvalue weighted by Crippen LogP contribution is 2.30. The van der Waals surface area contributed by atoms with Crippen LogP contribution < -0.4 is 4.72 Å². The molecule has 1 N–H and O–H groups in total. The molecule has 0 aliphatic heterocycles. The molecule has 4 rings (SSSR count). The van der Waals surface area contributed by atoms with Crippen molar-refractivity contribution in [1.29, 1.82) is 0 Å². The maximum atomic E-state index is 12.6. The Bertz CT molecular complexity index is 1150. The average Bonchev–Trinajstić information content (AvgIpc) is 3.13. The predicted molar refractivity (Wildman–Crippen MR) is 114 cm³/mol. The normalized spacial score (nSPS) is 13.8. The second kappa shape index (κ2) is 8.49. The molecule has 1 aromatic carbocycles. The lowest BCUT2D eigenvalue weighted by molar-refractivity contribution is 0.101. The molecule has 2 aromatic heterocycles. The van der Waals surface area contributed by atoms with Gasteiger partial charge in [-0.25, -0.2) is 13.1 Å². The number of benzene rings is 1. The molecule has 0 saturated carbocycles. The summed E-state index contributed by atoms with van der Waals surface area (Å²) in [5.41, 5.74) is 4.63. The van der Waals surface area contributed by atoms with Gasteiger partial charge in [0.15, 0.2) is 5.78 Å². The summed E-state index contributed by atoms with van der Waals surface area (Å²) >= 11 is 0. The number of hydrogen-bond acceptors (Lipinski definition) is 5. The number of rotatable bonds is 7. The summed E-state index contributed by atoms with van der Waals surface area (Å²) < 4.78 is 29.7. The molecule has 8 heteroatoms. The van der Waals surface area contributed by atoms with E-state index in [-0.39, 0.29) is 17.2 Å². The van der Waals surface area contributed by atoms with Gasteiger partial charge >= 0.3 is 0 Å². The van der Waals surface area contributed by atoms with E-state index < -0.39 is 10.0 Å². The molecule has 1 aliphatic carbocycles. The third-order valence-corrected chi connectivity index (χ3v) is 6.83. The van der Waals surface area contributed by atoms with Crippen molar-refractivity contribution >= 4 is 15.8 Å². The van der Waals surface area contributed by atoms with E-state index in [1.54, 1.807) is 6.20 Å². The number of nitrogens with one attached hydrogen (secondary N) is 1. The number of fused-ring (bicyclic) bond motifs is 1. The zero-order valence-corrected chi connectivity index (χ0v) is 17.7. The van der Waals surface area contributed by atoms with E-state index >= 15 is 0 Å². The quantitative estimate of drug-likeness (QED) is 0.589. The van der Waals surface area contributed by atoms with Gasteiger partial charge in [0.05, 0.1) is 17.1 Å². The van der Waals surface area contributed by atoms with Crippen LogP contribution in [0.25, 0.3) is 11.4 Å². The van der Waals surface area contributed by atoms with Gasteiger partial charge in [0.1, 0.15) is 5.69 Å². The number of ketones is 1. The van der Waals surface area contributed by atoms with Crippen molar-refractivity contribution in [3.8, 4) is 11.4 Å². The minimum absolute atomic E-state index is 0.0981. The van der Waals surface area contributed by atoms with Crippen LogP contribution in [0.4, 0.5) is 0 Å². The summed E-state index contributed by atoms with van der Waals surface area (Å²) in [4.78, 5) is 16.0. The molecule has 156 valence electrons. The molecule has 0 bridgehead atoms. The molecular weight excluding hydrogens is 400 g/mol. The third kappa shape index (κ3) is 4.20. The van der Waals surface area contributed by atoms with Crippen molar-refractivity contribution in [2.75, 3.05) is 6.54 Å². The lowest BCUT2D eigenvalue weighted by Crippen LogP contribution is -2.28. The lowest BCUT2D eigenvalue weighted by atomic mass is 9.95. The number of sulfonamides is 1. The average molecular weight is 425 g/mol. The first-order valence-corrected chi connectivity index (χ1v) is 11.5. The molecule has 0 spiro atoms. The van der Waals surface area contributed by atoms with Crippen LogP contribution in [0.3, 0.4) is 0 Å². The van der Waals surface area contributed by atoms with Crippen LogP contribution in [0, 0.1) is 0 Å². The number of aromatic nitrogens is 3. The van der Waals surface area contributed by atoms with Crippen molar-refractivity contribution in [2.24, 2.45) is 0 Å². The van der Waals surface area contributed by atoms with E-state index in [9.17, 15) is 13.2 Å². The Morgan fingerprint density at radius 3 is 2.57 bits per heavy atom. The van der Waals surface area contributed by atoms with Gasteiger partial charge < -0.3 is 0 Å². The van der Waals surface area contributed by atoms with Gasteiger partial charge in [0.25, 0.3) is 0 Å². The maximum absolute atomic E-state index is 12.6. The Morgan fingerprint density at radius 1 is 1.10 bits per heavy atom. The molecule has 0 radical (unpaired) electrons. The number of carbonyl (C=O) groups excluding carboxylic acids is 1. The minimum Gasteiger partial charge on any atom is -0.295 e. The minimum atomic E-state index is -3.65. The molecule has 0 amide bonds. The highest BCUT2D eigenvalue weighted by atomic mass is 32.2. The Morgan fingerprint density at radius 2 is 1.87 bits per heavy atom. The van der Waals surface area contributed by atoms with E-state index in [1.807, 2.05) is 22.9 Å². The molecule has 0 unspecified atom stereocenters. The van der Waals surface area contributed by atoms with E-state index in [2.05, 4.69) is 9.71 Å². The van der Waals surface area contributed by atoms with E-state index in [1.165, 1.54) is 42.4 Å². The summed E-state index contributed by atoms with van der Waals surface area (Å²) in [7, 11) is -3.65. The van der Waals surface area contributed by atoms with Crippen LogP contribution in [0.15, 0.2) is 53.6 Å². The van der Waals surface area contributed by atoms with Crippen LogP contribution in [0.2, 0.25) is 0 Å². The molecule has 0 fully saturated rings. The monoisotopic (exact) mass is 424 g/mol. The van der Waals surface area contributed by atoms with Gasteiger partial charge in [-0.2, -0.15) is 5.10 Å². The van der Waals surface area contributed by atoms with E-state index in [0.717, 1.165) is 37.1 Å². The highest BCUT2D eigenvalue weighted by Gasteiger charge is 2.22. The summed E-state index contributed by atoms with van der Waals surface area (Å²) in [5.74, 6) is -0.0981. The van der Waals surface area contributed by atoms with Crippen LogP contribution in [0.1, 0.15) is 41.4 Å². The zero-order valence-electron chi connectivity index (χ0n) is 16.8. The SMILES string of the molecule is CC(=O)c1ccc(S(=O)(=O)NCCn2nc(-c3ccccn3)c3c2CCCC3)cc1. The van der Waals surface area contributed by atoms with Gasteiger partial charge in [0.2, 0.25) is 10.0 Å². The Balaban J connectivity index is 1.50. The zero-order chi connectivity index (χ0) is 21.1. The van der Waals surface area contributed by atoms with Gasteiger partial charge in [0, 0.05) is 29.6 Å². The highest BCUT2D eigenvalue weighted by molar-refractivity contribution is 7.89. The summed E-state index contributed by atoms with van der Waals surface area (Å²) in [6.07, 6.45) is 5.90. The molecule has 3 aromatic rings. The molecular formula is C22H24N4O3S. The fourth-order valence-corrected chi connectivity index (χ4v) is 4.82. The number of carbonyl (C=O) groups is 1. The van der Waals surface area contributed by atoms with Crippen molar-refractivity contribution < 1.29 is 13.2 Å². The number of hydrogen-bond donors (Lipinski definition) is 1. The summed E-state index contributed by atoms with van der Waals surface area (Å²) in [5, 5.41) is 4.77. The van der Waals surface area contributed by atoms with Gasteiger partial charge in [-0.15, -0.1) is 0 Å². The number of Topliss-reactive ketones (excluding diaryl/α,β-unsaturated/α-hetero) is 1. The fourth-order valence-electron chi connectivity index (χ4n) is 3.80. The summed E-state index contributed by atoms with van der Waals surface area (Å²) in [6, 6.07) is 11.7. The Labute approximate surface area is 176 Å². The van der Waals surface area contributed by atoms with Gasteiger partial charge in [-0.05, 0) is 56.9 Å². The van der Waals surface area contributed by atoms with Crippen LogP contribution in [0.5, 0.6) is 0 Å². The second-order valence-electron chi connectivity index (χ2n) is 7.40. The predicted octanol–water partition coefficient (Wildman–Crippen LogP) is 3.01. The molecule has 0 atom stereocenters. The van der Waals surface area contributed by atoms with Crippen LogP contribution >= 0.6 is 0 Å². The topological polar surface area (TPSA) is 94.0 Å². The number of nitrogens with zero attached hydrogens (tertiary/aromatic N) is 3. The van der Waals surface area contributed by atoms with Crippen molar-refractivity contribution in [2.45, 2.75) is 44.0 Å².